The van der Waals surface area contributed by atoms with Crippen LogP contribution in [0.5, 0.6) is 0 Å². The van der Waals surface area contributed by atoms with Gasteiger partial charge in [0.2, 0.25) is 0 Å². The van der Waals surface area contributed by atoms with Gasteiger partial charge in [-0.1, -0.05) is 17.2 Å². The molecule has 2 atom stereocenters. The first-order valence-corrected chi connectivity index (χ1v) is 5.06. The maximum absolute atomic E-state index is 9.78. The monoisotopic (exact) mass is 232 g/mol. The maximum Gasteiger partial charge on any atom is 0.105 e. The summed E-state index contributed by atoms with van der Waals surface area (Å²) in [6.07, 6.45) is -1.85. The molecular formula is C11H12N4O2. The summed E-state index contributed by atoms with van der Waals surface area (Å²) in [6.45, 7) is 0.130. The van der Waals surface area contributed by atoms with Crippen molar-refractivity contribution in [3.05, 3.63) is 45.8 Å². The van der Waals surface area contributed by atoms with Gasteiger partial charge < -0.3 is 10.2 Å². The lowest BCUT2D eigenvalue weighted by molar-refractivity contribution is 0.0150. The second kappa shape index (κ2) is 6.51. The third-order valence-corrected chi connectivity index (χ3v) is 2.33. The lowest BCUT2D eigenvalue weighted by Gasteiger charge is -2.17. The molecule has 0 heterocycles. The van der Waals surface area contributed by atoms with E-state index in [1.54, 1.807) is 24.3 Å². The van der Waals surface area contributed by atoms with E-state index in [1.165, 1.54) is 0 Å². The number of nitrogens with zero attached hydrogens (tertiary/aromatic N) is 4. The Bertz CT molecular complexity index is 446. The zero-order chi connectivity index (χ0) is 12.7. The number of hydrogen-bond donors (Lipinski definition) is 2. The molecule has 2 unspecified atom stereocenters. The Morgan fingerprint density at radius 1 is 1.35 bits per heavy atom. The normalized spacial score (nSPS) is 13.2. The molecule has 1 aromatic carbocycles. The number of nitriles is 1. The van der Waals surface area contributed by atoms with E-state index in [9.17, 15) is 10.2 Å². The minimum absolute atomic E-state index is 0.130. The molecule has 0 amide bonds. The SMILES string of the molecule is N#Cc1ccc(C(O)C(O)CCN=[N+]=[N-])cc1. The quantitative estimate of drug-likeness (QED) is 0.457. The van der Waals surface area contributed by atoms with Gasteiger partial charge >= 0.3 is 0 Å². The van der Waals surface area contributed by atoms with Crippen molar-refractivity contribution in [1.29, 1.82) is 5.26 Å². The van der Waals surface area contributed by atoms with Crippen molar-refractivity contribution >= 4 is 0 Å². The molecule has 6 nitrogen and oxygen atoms in total. The number of benzene rings is 1. The molecule has 0 aromatic heterocycles. The Kier molecular flexibility index (Phi) is 4.98. The van der Waals surface area contributed by atoms with E-state index >= 15 is 0 Å². The summed E-state index contributed by atoms with van der Waals surface area (Å²) in [4.78, 5) is 2.56. The van der Waals surface area contributed by atoms with Crippen molar-refractivity contribution < 1.29 is 10.2 Å². The molecule has 1 rings (SSSR count). The first kappa shape index (κ1) is 13.0. The van der Waals surface area contributed by atoms with Gasteiger partial charge in [-0.2, -0.15) is 5.26 Å². The fraction of sp³-hybridized carbons (Fsp3) is 0.364. The molecule has 6 heteroatoms. The molecule has 0 spiro atoms. The molecule has 0 saturated heterocycles. The van der Waals surface area contributed by atoms with Crippen LogP contribution in [0.25, 0.3) is 10.4 Å². The molecule has 0 aliphatic rings. The third-order valence-electron chi connectivity index (χ3n) is 2.33. The molecule has 0 aliphatic carbocycles. The summed E-state index contributed by atoms with van der Waals surface area (Å²) < 4.78 is 0. The van der Waals surface area contributed by atoms with E-state index < -0.39 is 12.2 Å². The lowest BCUT2D eigenvalue weighted by atomic mass is 10.0. The number of azide groups is 1. The highest BCUT2D eigenvalue weighted by Gasteiger charge is 2.17. The average molecular weight is 232 g/mol. The molecule has 0 bridgehead atoms. The van der Waals surface area contributed by atoms with Crippen LogP contribution in [-0.2, 0) is 0 Å². The molecule has 88 valence electrons. The molecule has 2 N–H and O–H groups in total. The van der Waals surface area contributed by atoms with E-state index in [-0.39, 0.29) is 13.0 Å². The predicted molar refractivity (Wildman–Crippen MR) is 60.8 cm³/mol. The van der Waals surface area contributed by atoms with Crippen molar-refractivity contribution in [1.82, 2.24) is 0 Å². The fourth-order valence-electron chi connectivity index (χ4n) is 1.37. The number of hydrogen-bond acceptors (Lipinski definition) is 4. The average Bonchev–Trinajstić information content (AvgIpc) is 2.38. The van der Waals surface area contributed by atoms with Crippen LogP contribution in [0.4, 0.5) is 0 Å². The van der Waals surface area contributed by atoms with Gasteiger partial charge in [0, 0.05) is 11.5 Å². The van der Waals surface area contributed by atoms with Gasteiger partial charge in [-0.15, -0.1) is 0 Å². The van der Waals surface area contributed by atoms with Crippen LogP contribution < -0.4 is 0 Å². The van der Waals surface area contributed by atoms with Crippen LogP contribution >= 0.6 is 0 Å². The van der Waals surface area contributed by atoms with Crippen LogP contribution in [0.2, 0.25) is 0 Å². The van der Waals surface area contributed by atoms with Gasteiger partial charge in [0.1, 0.15) is 6.10 Å². The maximum atomic E-state index is 9.78. The Labute approximate surface area is 98.4 Å². The van der Waals surface area contributed by atoms with Crippen LogP contribution in [0.15, 0.2) is 29.4 Å². The van der Waals surface area contributed by atoms with Gasteiger partial charge in [-0.05, 0) is 29.6 Å². The topological polar surface area (TPSA) is 113 Å². The summed E-state index contributed by atoms with van der Waals surface area (Å²) in [5.41, 5.74) is 9.09. The van der Waals surface area contributed by atoms with Crippen molar-refractivity contribution in [2.75, 3.05) is 6.54 Å². The van der Waals surface area contributed by atoms with E-state index in [0.717, 1.165) is 0 Å². The highest BCUT2D eigenvalue weighted by atomic mass is 16.3. The van der Waals surface area contributed by atoms with E-state index in [4.69, 9.17) is 10.8 Å². The Morgan fingerprint density at radius 2 is 2.00 bits per heavy atom. The van der Waals surface area contributed by atoms with Crippen molar-refractivity contribution in [3.63, 3.8) is 0 Å². The van der Waals surface area contributed by atoms with Crippen LogP contribution in [-0.4, -0.2) is 22.9 Å². The minimum Gasteiger partial charge on any atom is -0.390 e. The molecule has 1 aromatic rings. The van der Waals surface area contributed by atoms with E-state index in [1.807, 2.05) is 6.07 Å². The van der Waals surface area contributed by atoms with E-state index in [0.29, 0.717) is 11.1 Å². The summed E-state index contributed by atoms with van der Waals surface area (Å²) in [7, 11) is 0. The van der Waals surface area contributed by atoms with Crippen molar-refractivity contribution in [2.24, 2.45) is 5.11 Å². The Balaban J connectivity index is 2.64. The van der Waals surface area contributed by atoms with Crippen LogP contribution in [0.3, 0.4) is 0 Å². The van der Waals surface area contributed by atoms with Gasteiger partial charge in [0.25, 0.3) is 0 Å². The zero-order valence-electron chi connectivity index (χ0n) is 9.06. The summed E-state index contributed by atoms with van der Waals surface area (Å²) in [5.74, 6) is 0. The van der Waals surface area contributed by atoms with E-state index in [2.05, 4.69) is 10.0 Å². The van der Waals surface area contributed by atoms with Gasteiger partial charge in [0.15, 0.2) is 0 Å². The first-order chi connectivity index (χ1) is 8.19. The van der Waals surface area contributed by atoms with Crippen molar-refractivity contribution in [2.45, 2.75) is 18.6 Å². The largest absolute Gasteiger partial charge is 0.390 e. The van der Waals surface area contributed by atoms with Crippen molar-refractivity contribution in [3.8, 4) is 6.07 Å². The molecule has 0 radical (unpaired) electrons. The summed E-state index contributed by atoms with van der Waals surface area (Å²) in [5, 5.41) is 31.3. The second-order valence-corrected chi connectivity index (χ2v) is 3.49. The molecule has 0 saturated carbocycles. The number of aliphatic hydroxyl groups excluding tert-OH is 2. The predicted octanol–water partition coefficient (Wildman–Crippen LogP) is 1.65. The number of rotatable bonds is 5. The van der Waals surface area contributed by atoms with Gasteiger partial charge in [-0.3, -0.25) is 0 Å². The van der Waals surface area contributed by atoms with Crippen LogP contribution in [0, 0.1) is 11.3 Å². The first-order valence-electron chi connectivity index (χ1n) is 5.06. The zero-order valence-corrected chi connectivity index (χ0v) is 9.06. The standard InChI is InChI=1S/C11H12N4O2/c12-7-8-1-3-9(4-2-8)11(17)10(16)5-6-14-15-13/h1-4,10-11,16-17H,5-6H2. The molecule has 0 fully saturated rings. The number of aliphatic hydroxyl groups is 2. The molecule has 0 aliphatic heterocycles. The second-order valence-electron chi connectivity index (χ2n) is 3.49. The lowest BCUT2D eigenvalue weighted by Crippen LogP contribution is -2.19. The fourth-order valence-corrected chi connectivity index (χ4v) is 1.37. The molecular weight excluding hydrogens is 220 g/mol. The highest BCUT2D eigenvalue weighted by Crippen LogP contribution is 2.19. The van der Waals surface area contributed by atoms with Gasteiger partial charge in [0.05, 0.1) is 17.7 Å². The summed E-state index contributed by atoms with van der Waals surface area (Å²) in [6, 6.07) is 8.27. The highest BCUT2D eigenvalue weighted by molar-refractivity contribution is 5.32. The Morgan fingerprint density at radius 3 is 2.53 bits per heavy atom. The summed E-state index contributed by atoms with van der Waals surface area (Å²) >= 11 is 0. The molecule has 17 heavy (non-hydrogen) atoms. The minimum atomic E-state index is -1.04. The van der Waals surface area contributed by atoms with Crippen LogP contribution in [0.1, 0.15) is 23.7 Å². The smallest absolute Gasteiger partial charge is 0.105 e. The Hall–Kier alpha value is -2.06. The van der Waals surface area contributed by atoms with Gasteiger partial charge in [-0.25, -0.2) is 0 Å². The third kappa shape index (κ3) is 3.78.